The van der Waals surface area contributed by atoms with Gasteiger partial charge in [0.05, 0.1) is 11.1 Å². The minimum absolute atomic E-state index is 0.116. The molecule has 0 radical (unpaired) electrons. The van der Waals surface area contributed by atoms with Crippen molar-refractivity contribution in [1.82, 2.24) is 14.5 Å². The van der Waals surface area contributed by atoms with E-state index in [0.29, 0.717) is 5.56 Å². The van der Waals surface area contributed by atoms with Crippen molar-refractivity contribution in [2.24, 2.45) is 0 Å². The van der Waals surface area contributed by atoms with Gasteiger partial charge in [0.15, 0.2) is 0 Å². The molecule has 0 unspecified atom stereocenters. The number of carbonyl (C=O) groups is 1. The maximum absolute atomic E-state index is 12.5. The number of carbonyl (C=O) groups excluding carboxylic acids is 1. The molecule has 1 aromatic carbocycles. The van der Waals surface area contributed by atoms with E-state index in [2.05, 4.69) is 19.9 Å². The normalized spacial score (nSPS) is 12.6. The third-order valence-corrected chi connectivity index (χ3v) is 3.78. The van der Waals surface area contributed by atoms with Gasteiger partial charge in [-0.1, -0.05) is 18.2 Å². The average molecular weight is 278 g/mol. The molecule has 4 rings (SSSR count). The summed E-state index contributed by atoms with van der Waals surface area (Å²) >= 11 is 0. The first kappa shape index (κ1) is 12.0. The van der Waals surface area contributed by atoms with Crippen molar-refractivity contribution >= 4 is 11.6 Å². The number of aromatic amines is 1. The molecule has 21 heavy (non-hydrogen) atoms. The molecule has 1 aliphatic rings. The molecule has 0 saturated carbocycles. The highest BCUT2D eigenvalue weighted by atomic mass is 16.1. The lowest BCUT2D eigenvalue weighted by molar-refractivity contribution is 0.102. The predicted octanol–water partition coefficient (Wildman–Crippen LogP) is 2.69. The van der Waals surface area contributed by atoms with Gasteiger partial charge < -0.3 is 14.9 Å². The van der Waals surface area contributed by atoms with Gasteiger partial charge in [0.2, 0.25) is 0 Å². The second kappa shape index (κ2) is 4.63. The fourth-order valence-electron chi connectivity index (χ4n) is 2.77. The van der Waals surface area contributed by atoms with E-state index in [9.17, 15) is 4.79 Å². The second-order valence-electron chi connectivity index (χ2n) is 5.07. The number of nitrogens with zero attached hydrogens (tertiary/aromatic N) is 2. The summed E-state index contributed by atoms with van der Waals surface area (Å²) in [6.45, 7) is 0.891. The van der Waals surface area contributed by atoms with Crippen molar-refractivity contribution < 1.29 is 4.79 Å². The van der Waals surface area contributed by atoms with E-state index in [1.165, 1.54) is 0 Å². The van der Waals surface area contributed by atoms with Crippen molar-refractivity contribution in [1.29, 1.82) is 0 Å². The Morgan fingerprint density at radius 1 is 1.29 bits per heavy atom. The van der Waals surface area contributed by atoms with Crippen LogP contribution in [0.4, 0.5) is 5.69 Å². The molecule has 0 bridgehead atoms. The van der Waals surface area contributed by atoms with Crippen LogP contribution in [0.5, 0.6) is 0 Å². The van der Waals surface area contributed by atoms with E-state index in [4.69, 9.17) is 0 Å². The van der Waals surface area contributed by atoms with Gasteiger partial charge in [-0.2, -0.15) is 0 Å². The zero-order chi connectivity index (χ0) is 14.2. The number of imidazole rings is 1. The Morgan fingerprint density at radius 3 is 3.00 bits per heavy atom. The molecule has 3 heterocycles. The van der Waals surface area contributed by atoms with Crippen LogP contribution in [0.25, 0.3) is 11.4 Å². The standard InChI is InChI=1S/C16H14N4O/c21-16(19-11-4-2-1-3-5-11)12-10-18-13-6-8-20-9-7-17-15(20)14(12)13/h1-5,7,9-10,18H,6,8H2,(H,19,21). The molecular weight excluding hydrogens is 264 g/mol. The fourth-order valence-corrected chi connectivity index (χ4v) is 2.77. The number of aryl methyl sites for hydroxylation is 2. The highest BCUT2D eigenvalue weighted by Gasteiger charge is 2.25. The smallest absolute Gasteiger partial charge is 0.257 e. The number of rotatable bonds is 2. The third-order valence-electron chi connectivity index (χ3n) is 3.78. The zero-order valence-electron chi connectivity index (χ0n) is 11.3. The summed E-state index contributed by atoms with van der Waals surface area (Å²) in [5, 5.41) is 2.92. The molecule has 1 amide bonds. The van der Waals surface area contributed by atoms with Gasteiger partial charge >= 0.3 is 0 Å². The van der Waals surface area contributed by atoms with Crippen LogP contribution in [-0.2, 0) is 13.0 Å². The Kier molecular flexibility index (Phi) is 2.64. The van der Waals surface area contributed by atoms with Crippen LogP contribution in [-0.4, -0.2) is 20.4 Å². The monoisotopic (exact) mass is 278 g/mol. The van der Waals surface area contributed by atoms with Crippen molar-refractivity contribution in [3.8, 4) is 11.4 Å². The number of aromatic nitrogens is 3. The van der Waals surface area contributed by atoms with E-state index in [1.807, 2.05) is 36.5 Å². The molecule has 1 aliphatic heterocycles. The first-order chi connectivity index (χ1) is 10.3. The van der Waals surface area contributed by atoms with Gasteiger partial charge in [0.1, 0.15) is 5.82 Å². The zero-order valence-corrected chi connectivity index (χ0v) is 11.3. The van der Waals surface area contributed by atoms with E-state index in [-0.39, 0.29) is 5.91 Å². The Bertz CT molecular complexity index is 801. The SMILES string of the molecule is O=C(Nc1ccccc1)c1c[nH]c2c1-c1nccn1CC2. The van der Waals surface area contributed by atoms with Crippen LogP contribution in [0.3, 0.4) is 0 Å². The molecule has 3 aromatic rings. The van der Waals surface area contributed by atoms with E-state index < -0.39 is 0 Å². The predicted molar refractivity (Wildman–Crippen MR) is 80.1 cm³/mol. The van der Waals surface area contributed by atoms with Crippen LogP contribution in [0.15, 0.2) is 48.9 Å². The third kappa shape index (κ3) is 1.94. The second-order valence-corrected chi connectivity index (χ2v) is 5.07. The molecule has 0 atom stereocenters. The minimum Gasteiger partial charge on any atom is -0.364 e. The van der Waals surface area contributed by atoms with Crippen molar-refractivity contribution in [3.63, 3.8) is 0 Å². The van der Waals surface area contributed by atoms with Crippen LogP contribution in [0.2, 0.25) is 0 Å². The summed E-state index contributed by atoms with van der Waals surface area (Å²) < 4.78 is 2.08. The number of para-hydroxylation sites is 1. The first-order valence-electron chi connectivity index (χ1n) is 6.91. The summed E-state index contributed by atoms with van der Waals surface area (Å²) in [5.74, 6) is 0.742. The average Bonchev–Trinajstić information content (AvgIpc) is 3.14. The highest BCUT2D eigenvalue weighted by molar-refractivity contribution is 6.08. The van der Waals surface area contributed by atoms with Crippen molar-refractivity contribution in [3.05, 3.63) is 60.2 Å². The molecule has 2 aromatic heterocycles. The maximum Gasteiger partial charge on any atom is 0.257 e. The lowest BCUT2D eigenvalue weighted by Gasteiger charge is -2.15. The molecule has 104 valence electrons. The molecule has 0 spiro atoms. The van der Waals surface area contributed by atoms with Gasteiger partial charge in [-0.3, -0.25) is 4.79 Å². The van der Waals surface area contributed by atoms with Crippen molar-refractivity contribution in [2.75, 3.05) is 5.32 Å². The molecular formula is C16H14N4O. The molecule has 0 fully saturated rings. The number of fused-ring (bicyclic) bond motifs is 3. The topological polar surface area (TPSA) is 62.7 Å². The highest BCUT2D eigenvalue weighted by Crippen LogP contribution is 2.31. The summed E-state index contributed by atoms with van der Waals surface area (Å²) in [4.78, 5) is 20.1. The fraction of sp³-hybridized carbons (Fsp3) is 0.125. The number of nitrogens with one attached hydrogen (secondary N) is 2. The molecule has 0 aliphatic carbocycles. The largest absolute Gasteiger partial charge is 0.364 e. The molecule has 2 N–H and O–H groups in total. The Morgan fingerprint density at radius 2 is 2.14 bits per heavy atom. The number of hydrogen-bond donors (Lipinski definition) is 2. The first-order valence-corrected chi connectivity index (χ1v) is 6.91. The van der Waals surface area contributed by atoms with Crippen LogP contribution in [0.1, 0.15) is 16.1 Å². The van der Waals surface area contributed by atoms with Crippen LogP contribution in [0, 0.1) is 0 Å². The Hall–Kier alpha value is -2.82. The summed E-state index contributed by atoms with van der Waals surface area (Å²) in [6, 6.07) is 9.46. The van der Waals surface area contributed by atoms with Gasteiger partial charge in [-0.25, -0.2) is 4.98 Å². The van der Waals surface area contributed by atoms with Gasteiger partial charge in [0.25, 0.3) is 5.91 Å². The number of benzene rings is 1. The van der Waals surface area contributed by atoms with Crippen LogP contribution < -0.4 is 5.32 Å². The summed E-state index contributed by atoms with van der Waals surface area (Å²) in [5.41, 5.74) is 3.42. The summed E-state index contributed by atoms with van der Waals surface area (Å²) in [7, 11) is 0. The lowest BCUT2D eigenvalue weighted by Crippen LogP contribution is -2.15. The van der Waals surface area contributed by atoms with Gasteiger partial charge in [-0.15, -0.1) is 0 Å². The Balaban J connectivity index is 1.72. The lowest BCUT2D eigenvalue weighted by atomic mass is 10.0. The maximum atomic E-state index is 12.5. The number of amides is 1. The number of H-pyrrole nitrogens is 1. The molecule has 5 heteroatoms. The molecule has 0 saturated heterocycles. The van der Waals surface area contributed by atoms with Gasteiger partial charge in [0, 0.05) is 42.9 Å². The van der Waals surface area contributed by atoms with E-state index >= 15 is 0 Å². The molecule has 5 nitrogen and oxygen atoms in total. The number of hydrogen-bond acceptors (Lipinski definition) is 2. The Labute approximate surface area is 121 Å². The van der Waals surface area contributed by atoms with E-state index in [1.54, 1.807) is 12.4 Å². The quantitative estimate of drug-likeness (QED) is 0.757. The van der Waals surface area contributed by atoms with Crippen LogP contribution >= 0.6 is 0 Å². The minimum atomic E-state index is -0.116. The summed E-state index contributed by atoms with van der Waals surface area (Å²) in [6.07, 6.45) is 6.38. The van der Waals surface area contributed by atoms with Crippen molar-refractivity contribution in [2.45, 2.75) is 13.0 Å². The van der Waals surface area contributed by atoms with Gasteiger partial charge in [-0.05, 0) is 12.1 Å². The number of anilines is 1. The van der Waals surface area contributed by atoms with E-state index in [0.717, 1.165) is 35.7 Å².